The Labute approximate surface area is 364 Å². The minimum atomic E-state index is -4.82. The number of carbonyl (C=O) groups is 1. The number of aliphatic hydroxyl groups is 2. The van der Waals surface area contributed by atoms with Crippen molar-refractivity contribution in [1.82, 2.24) is 9.97 Å². The Bertz CT molecular complexity index is 1440. The minimum Gasteiger partial charge on any atom is -0.550 e. The van der Waals surface area contributed by atoms with Crippen molar-refractivity contribution in [1.29, 1.82) is 0 Å². The first kappa shape index (κ1) is 55.3. The number of pyridine rings is 2. The third-order valence-corrected chi connectivity index (χ3v) is 9.03. The Kier molecular flexibility index (Phi) is 20.7. The molecule has 2 atom stereocenters. The van der Waals surface area contributed by atoms with Gasteiger partial charge in [-0.3, -0.25) is 9.97 Å². The molecule has 2 aromatic rings. The van der Waals surface area contributed by atoms with Crippen LogP contribution in [0.5, 0.6) is 5.75 Å². The summed E-state index contributed by atoms with van der Waals surface area (Å²) in [4.78, 5) is 15.9. The van der Waals surface area contributed by atoms with Gasteiger partial charge in [-0.15, -0.1) is 0 Å². The summed E-state index contributed by atoms with van der Waals surface area (Å²) in [5.74, 6) is -1.19. The molecule has 3 N–H and O–H groups in total. The number of hydrogen-bond acceptors (Lipinski definition) is 12. The van der Waals surface area contributed by atoms with Gasteiger partial charge in [0.15, 0.2) is 11.2 Å². The van der Waals surface area contributed by atoms with E-state index in [0.29, 0.717) is 26.0 Å². The number of aliphatic carboxylic acids is 1. The zero-order valence-corrected chi connectivity index (χ0v) is 36.1. The number of nitrogens with zero attached hydrogens (tertiary/aromatic N) is 2. The fourth-order valence-electron chi connectivity index (χ4n) is 3.82. The van der Waals surface area contributed by atoms with Crippen LogP contribution in [0.3, 0.4) is 0 Å². The molecular weight excluding hydrogens is 826 g/mol. The molecule has 0 saturated carbocycles. The zero-order chi connectivity index (χ0) is 40.9. The van der Waals surface area contributed by atoms with Crippen LogP contribution < -0.4 is 61.1 Å². The summed E-state index contributed by atoms with van der Waals surface area (Å²) >= 11 is 2.98. The Balaban J connectivity index is 0. The Morgan fingerprint density at radius 3 is 1.33 bits per heavy atom. The molecule has 1 radical (unpaired) electrons. The number of hydrogen-bond donors (Lipinski definition) is 3. The van der Waals surface area contributed by atoms with Crippen molar-refractivity contribution in [3.05, 3.63) is 52.5 Å². The van der Waals surface area contributed by atoms with Crippen LogP contribution in [0.15, 0.2) is 41.4 Å². The van der Waals surface area contributed by atoms with Gasteiger partial charge in [0.25, 0.3) is 0 Å². The third-order valence-electron chi connectivity index (χ3n) is 8.60. The molecule has 0 bridgehead atoms. The van der Waals surface area contributed by atoms with E-state index in [-0.39, 0.29) is 92.5 Å². The van der Waals surface area contributed by atoms with E-state index in [1.54, 1.807) is 0 Å². The molecule has 0 amide bonds. The molecule has 2 aliphatic heterocycles. The second kappa shape index (κ2) is 20.2. The molecule has 2 unspecified atom stereocenters. The fraction of sp³-hybridized carbons (Fsp3) is 0.645. The number of aromatic nitrogens is 2. The molecule has 0 aliphatic carbocycles. The molecule has 2 aliphatic rings. The van der Waals surface area contributed by atoms with Crippen molar-refractivity contribution < 1.29 is 126 Å². The van der Waals surface area contributed by atoms with Crippen molar-refractivity contribution in [3.63, 3.8) is 0 Å². The third kappa shape index (κ3) is 14.5. The Morgan fingerprint density at radius 2 is 1.06 bits per heavy atom. The van der Waals surface area contributed by atoms with Gasteiger partial charge in [-0.25, -0.2) is 0 Å². The molecular formula is C31H46B3BrF6KN2O10. The zero-order valence-electron chi connectivity index (χ0n) is 31.4. The van der Waals surface area contributed by atoms with Gasteiger partial charge in [-0.1, -0.05) is 7.43 Å². The van der Waals surface area contributed by atoms with Crippen LogP contribution in [0.4, 0.5) is 26.3 Å². The monoisotopic (exact) mass is 871 g/mol. The van der Waals surface area contributed by atoms with Crippen molar-refractivity contribution in [3.8, 4) is 5.75 Å². The van der Waals surface area contributed by atoms with E-state index in [0.717, 1.165) is 31.6 Å². The summed E-state index contributed by atoms with van der Waals surface area (Å²) in [6.45, 7) is 18.5. The van der Waals surface area contributed by atoms with Crippen LogP contribution in [-0.2, 0) is 34.6 Å². The number of carboxylic acid groups (broad SMARTS) is 1. The maximum Gasteiger partial charge on any atom is 1.00 e. The van der Waals surface area contributed by atoms with Gasteiger partial charge in [0.1, 0.15) is 5.75 Å². The van der Waals surface area contributed by atoms with E-state index in [9.17, 15) is 36.6 Å². The van der Waals surface area contributed by atoms with E-state index < -0.39 is 49.1 Å². The molecule has 0 aromatic carbocycles. The molecule has 12 nitrogen and oxygen atoms in total. The van der Waals surface area contributed by atoms with E-state index >= 15 is 0 Å². The minimum absolute atomic E-state index is 0. The second-order valence-corrected chi connectivity index (χ2v) is 14.8. The molecule has 54 heavy (non-hydrogen) atoms. The van der Waals surface area contributed by atoms with Crippen LogP contribution in [0.1, 0.15) is 94.7 Å². The van der Waals surface area contributed by atoms with Crippen LogP contribution in [0.25, 0.3) is 0 Å². The average Bonchev–Trinajstić information content (AvgIpc) is 3.32. The van der Waals surface area contributed by atoms with Gasteiger partial charge in [0.05, 0.1) is 28.6 Å². The van der Waals surface area contributed by atoms with Crippen molar-refractivity contribution in [2.75, 3.05) is 0 Å². The SMILES string of the molecule is C.CC(=O)[O-].CC(O)(c1cncc(Br)c1)C(F)(F)F.CC(O)(c1cncc(O[B]O)c1)C(F)(F)F.CC1(C)OB(B2OC(C)(C)C(C)(C)O2)OC1(C)C.[K+]. The predicted molar refractivity (Wildman–Crippen MR) is 186 cm³/mol. The van der Waals surface area contributed by atoms with Gasteiger partial charge in [0.2, 0.25) is 0 Å². The quantitative estimate of drug-likeness (QED) is 0.296. The predicted octanol–water partition coefficient (Wildman–Crippen LogP) is 2.02. The average molecular weight is 872 g/mol. The van der Waals surface area contributed by atoms with Crippen molar-refractivity contribution in [2.45, 2.75) is 130 Å². The largest absolute Gasteiger partial charge is 1.00 e. The Morgan fingerprint density at radius 1 is 0.759 bits per heavy atom. The molecule has 0 spiro atoms. The molecule has 299 valence electrons. The molecule has 2 saturated heterocycles. The first-order valence-corrected chi connectivity index (χ1v) is 16.1. The second-order valence-electron chi connectivity index (χ2n) is 13.9. The van der Waals surface area contributed by atoms with Gasteiger partial charge < -0.3 is 48.4 Å². The van der Waals surface area contributed by atoms with Crippen molar-refractivity contribution in [2.24, 2.45) is 0 Å². The molecule has 2 fully saturated rings. The summed E-state index contributed by atoms with van der Waals surface area (Å²) in [7, 11) is -0.643. The molecule has 4 heterocycles. The van der Waals surface area contributed by atoms with E-state index in [4.69, 9.17) is 33.5 Å². The first-order valence-electron chi connectivity index (χ1n) is 15.3. The fourth-order valence-corrected chi connectivity index (χ4v) is 4.18. The van der Waals surface area contributed by atoms with E-state index in [2.05, 4.69) is 30.6 Å². The Hall–Kier alpha value is -0.819. The smallest absolute Gasteiger partial charge is 0.550 e. The summed E-state index contributed by atoms with van der Waals surface area (Å²) in [6.07, 6.45) is -5.24. The number of alkyl halides is 6. The van der Waals surface area contributed by atoms with Crippen LogP contribution >= 0.6 is 15.9 Å². The molecule has 4 rings (SSSR count). The number of carboxylic acids is 1. The van der Waals surface area contributed by atoms with Crippen LogP contribution in [0.2, 0.25) is 0 Å². The summed E-state index contributed by atoms with van der Waals surface area (Å²) in [5, 5.41) is 35.8. The summed E-state index contributed by atoms with van der Waals surface area (Å²) in [5.41, 5.74) is -8.09. The van der Waals surface area contributed by atoms with Gasteiger partial charge in [-0.2, -0.15) is 26.3 Å². The molecule has 23 heteroatoms. The number of carbonyl (C=O) groups excluding carboxylic acids is 1. The van der Waals surface area contributed by atoms with Crippen LogP contribution in [0, 0.1) is 0 Å². The number of rotatable bonds is 5. The van der Waals surface area contributed by atoms with Gasteiger partial charge in [-0.05, 0) is 104 Å². The van der Waals surface area contributed by atoms with Crippen molar-refractivity contribution >= 4 is 43.6 Å². The normalized spacial score (nSPS) is 19.9. The topological polar surface area (TPSA) is 173 Å². The van der Waals surface area contributed by atoms with E-state index in [1.807, 2.05) is 55.4 Å². The maximum absolute atomic E-state index is 12.5. The van der Waals surface area contributed by atoms with Gasteiger partial charge >= 0.3 is 85.4 Å². The summed E-state index contributed by atoms with van der Waals surface area (Å²) in [6, 6.07) is 2.12. The van der Waals surface area contributed by atoms with E-state index in [1.165, 1.54) is 12.3 Å². The van der Waals surface area contributed by atoms with Crippen LogP contribution in [-0.4, -0.2) is 87.6 Å². The number of halogens is 7. The van der Waals surface area contributed by atoms with Gasteiger partial charge in [0, 0.05) is 40.2 Å². The molecule has 2 aromatic heterocycles. The standard InChI is InChI=1S/C12H24B2O4.C8H8BF3NO3.C8H7BrF3NO.C2H4O2.CH4.K/c1-9(2)10(3,4)16-13(15-9)14-17-11(5,6)12(7,8)18-14;1-7(14,8(10,11)12)5-2-6(16-9-15)4-13-3-5;1-7(14,8(10,11)12)5-2-6(9)4-13-3-5;1-2(3)4;;/h1-8H3;2-4,14-15H,1H3;2-4,14H,1H3;1H3,(H,3,4);1H4;/q;;;;;+1/p-1. The first-order chi connectivity index (χ1) is 23.1. The maximum atomic E-state index is 12.5. The summed E-state index contributed by atoms with van der Waals surface area (Å²) < 4.78 is 103.